The van der Waals surface area contributed by atoms with Crippen molar-refractivity contribution in [3.8, 4) is 10.4 Å². The summed E-state index contributed by atoms with van der Waals surface area (Å²) in [4.78, 5) is 43.7. The molecule has 0 saturated carbocycles. The van der Waals surface area contributed by atoms with Crippen LogP contribution in [0.15, 0.2) is 83.8 Å². The molecular weight excluding hydrogens is 657 g/mol. The van der Waals surface area contributed by atoms with Gasteiger partial charge >= 0.3 is 0 Å². The molecule has 0 fully saturated rings. The number of nitrogens with one attached hydrogen (secondary N) is 1. The van der Waals surface area contributed by atoms with Crippen LogP contribution in [-0.2, 0) is 29.2 Å². The number of anilines is 1. The Kier molecular flexibility index (Phi) is 11.5. The molecular formula is C40H43F2N3O4S. The number of benzene rings is 3. The van der Waals surface area contributed by atoms with Gasteiger partial charge in [0.15, 0.2) is 5.78 Å². The lowest BCUT2D eigenvalue weighted by Gasteiger charge is -2.19. The van der Waals surface area contributed by atoms with Crippen LogP contribution in [0.5, 0.6) is 0 Å². The number of thiophene rings is 1. The van der Waals surface area contributed by atoms with Crippen molar-refractivity contribution in [1.82, 2.24) is 9.47 Å². The first kappa shape index (κ1) is 36.8. The van der Waals surface area contributed by atoms with Gasteiger partial charge in [-0.1, -0.05) is 62.4 Å². The maximum absolute atomic E-state index is 15.0. The van der Waals surface area contributed by atoms with E-state index < -0.39 is 23.0 Å². The molecule has 5 aromatic rings. The van der Waals surface area contributed by atoms with Gasteiger partial charge in [0.05, 0.1) is 36.1 Å². The molecule has 0 atom stereocenters. The Hall–Kier alpha value is -4.51. The SMILES string of the molecule is CC(C)C(=O)c1cn(Cc2c(F)cccc2F)c2sc(-c3ccc(NC(=O)CCOC(C)(C)C)cc3)c(CN(C)Cc3ccccc3)c2c1=O. The smallest absolute Gasteiger partial charge is 0.226 e. The number of hydrogen-bond acceptors (Lipinski definition) is 6. The summed E-state index contributed by atoms with van der Waals surface area (Å²) in [6, 6.07) is 21.0. The molecule has 0 saturated heterocycles. The first-order valence-corrected chi connectivity index (χ1v) is 17.5. The van der Waals surface area contributed by atoms with E-state index in [9.17, 15) is 23.2 Å². The van der Waals surface area contributed by atoms with Crippen LogP contribution in [0.1, 0.15) is 68.1 Å². The highest BCUT2D eigenvalue weighted by Crippen LogP contribution is 2.39. The van der Waals surface area contributed by atoms with Gasteiger partial charge in [0.1, 0.15) is 16.5 Å². The summed E-state index contributed by atoms with van der Waals surface area (Å²) in [5.41, 5.74) is 2.28. The second-order valence-corrected chi connectivity index (χ2v) is 14.8. The maximum atomic E-state index is 15.0. The number of carbonyl (C=O) groups excluding carboxylic acids is 2. The number of carbonyl (C=O) groups is 2. The van der Waals surface area contributed by atoms with E-state index in [1.54, 1.807) is 30.5 Å². The predicted molar refractivity (Wildman–Crippen MR) is 197 cm³/mol. The molecule has 3 aromatic carbocycles. The van der Waals surface area contributed by atoms with Gasteiger partial charge in [-0.05, 0) is 68.8 Å². The van der Waals surface area contributed by atoms with Crippen molar-refractivity contribution >= 4 is 38.9 Å². The number of aromatic nitrogens is 1. The molecule has 5 rings (SSSR count). The lowest BCUT2D eigenvalue weighted by Crippen LogP contribution is -2.24. The fraction of sp³-hybridized carbons (Fsp3) is 0.325. The average molecular weight is 700 g/mol. The molecule has 1 amide bonds. The zero-order valence-electron chi connectivity index (χ0n) is 29.3. The zero-order valence-corrected chi connectivity index (χ0v) is 30.1. The minimum Gasteiger partial charge on any atom is -0.375 e. The Bertz CT molecular complexity index is 2030. The van der Waals surface area contributed by atoms with Gasteiger partial charge in [0.2, 0.25) is 11.3 Å². The molecule has 0 bridgehead atoms. The van der Waals surface area contributed by atoms with E-state index in [4.69, 9.17) is 4.74 Å². The molecule has 0 aliphatic heterocycles. The number of amides is 1. The lowest BCUT2D eigenvalue weighted by molar-refractivity contribution is -0.118. The third-order valence-corrected chi connectivity index (χ3v) is 9.52. The number of fused-ring (bicyclic) bond motifs is 1. The molecule has 0 spiro atoms. The molecule has 0 radical (unpaired) electrons. The van der Waals surface area contributed by atoms with Crippen LogP contribution in [-0.4, -0.2) is 40.4 Å². The molecule has 0 aliphatic carbocycles. The number of Topliss-reactive ketones (excluding diaryl/α,β-unsaturated/α-hetero) is 1. The second kappa shape index (κ2) is 15.6. The van der Waals surface area contributed by atoms with E-state index in [1.807, 2.05) is 70.3 Å². The molecule has 2 aromatic heterocycles. The summed E-state index contributed by atoms with van der Waals surface area (Å²) in [6.07, 6.45) is 1.65. The standard InChI is InChI=1S/C40H43F2N3O4S/c1-25(2)36(47)31-24-45(23-29-32(41)13-10-14-33(29)42)39-35(37(31)48)30(22-44(6)21-26-11-8-7-9-12-26)38(50-39)27-15-17-28(18-16-27)43-34(46)19-20-49-40(3,4)5/h7-18,24-25H,19-23H2,1-6H3,(H,43,46). The predicted octanol–water partition coefficient (Wildman–Crippen LogP) is 8.67. The number of rotatable bonds is 13. The minimum absolute atomic E-state index is 0.0194. The number of ketones is 1. The van der Waals surface area contributed by atoms with E-state index in [0.29, 0.717) is 41.2 Å². The van der Waals surface area contributed by atoms with Gasteiger partial charge in [-0.2, -0.15) is 0 Å². The number of ether oxygens (including phenoxy) is 1. The Morgan fingerprint density at radius 1 is 0.920 bits per heavy atom. The summed E-state index contributed by atoms with van der Waals surface area (Å²) in [5, 5.41) is 3.26. The van der Waals surface area contributed by atoms with Crippen molar-refractivity contribution in [2.75, 3.05) is 19.0 Å². The number of pyridine rings is 1. The van der Waals surface area contributed by atoms with Gasteiger partial charge in [0, 0.05) is 41.3 Å². The quantitative estimate of drug-likeness (QED) is 0.125. The van der Waals surface area contributed by atoms with Crippen molar-refractivity contribution in [3.63, 3.8) is 0 Å². The van der Waals surface area contributed by atoms with Gasteiger partial charge in [-0.15, -0.1) is 11.3 Å². The van der Waals surface area contributed by atoms with Gasteiger partial charge < -0.3 is 14.6 Å². The maximum Gasteiger partial charge on any atom is 0.226 e. The first-order valence-electron chi connectivity index (χ1n) is 16.6. The minimum atomic E-state index is -0.712. The van der Waals surface area contributed by atoms with Gasteiger partial charge in [0.25, 0.3) is 0 Å². The van der Waals surface area contributed by atoms with E-state index in [0.717, 1.165) is 16.0 Å². The first-order chi connectivity index (χ1) is 23.7. The summed E-state index contributed by atoms with van der Waals surface area (Å²) >= 11 is 1.34. The number of halogens is 2. The monoisotopic (exact) mass is 699 g/mol. The molecule has 0 unspecified atom stereocenters. The highest BCUT2D eigenvalue weighted by Gasteiger charge is 2.26. The van der Waals surface area contributed by atoms with Crippen molar-refractivity contribution in [2.45, 2.75) is 66.3 Å². The van der Waals surface area contributed by atoms with Crippen LogP contribution < -0.4 is 10.7 Å². The third-order valence-electron chi connectivity index (χ3n) is 8.20. The van der Waals surface area contributed by atoms with Crippen LogP contribution in [0.25, 0.3) is 20.7 Å². The fourth-order valence-electron chi connectivity index (χ4n) is 5.74. The zero-order chi connectivity index (χ0) is 36.2. The van der Waals surface area contributed by atoms with Crippen LogP contribution >= 0.6 is 11.3 Å². The fourth-order valence-corrected chi connectivity index (χ4v) is 7.03. The van der Waals surface area contributed by atoms with Crippen LogP contribution in [0, 0.1) is 17.6 Å². The summed E-state index contributed by atoms with van der Waals surface area (Å²) in [5.74, 6) is -2.41. The van der Waals surface area contributed by atoms with Gasteiger partial charge in [-0.3, -0.25) is 19.3 Å². The van der Waals surface area contributed by atoms with Crippen molar-refractivity contribution in [2.24, 2.45) is 5.92 Å². The van der Waals surface area contributed by atoms with Crippen molar-refractivity contribution in [1.29, 1.82) is 0 Å². The Morgan fingerprint density at radius 3 is 2.20 bits per heavy atom. The normalized spacial score (nSPS) is 11.9. The van der Waals surface area contributed by atoms with E-state index in [2.05, 4.69) is 10.2 Å². The largest absolute Gasteiger partial charge is 0.375 e. The van der Waals surface area contributed by atoms with Crippen LogP contribution in [0.2, 0.25) is 0 Å². The van der Waals surface area contributed by atoms with Gasteiger partial charge in [-0.25, -0.2) is 8.78 Å². The molecule has 1 N–H and O–H groups in total. The number of hydrogen-bond donors (Lipinski definition) is 1. The number of nitrogens with zero attached hydrogens (tertiary/aromatic N) is 2. The summed E-state index contributed by atoms with van der Waals surface area (Å²) < 4.78 is 37.2. The summed E-state index contributed by atoms with van der Waals surface area (Å²) in [6.45, 7) is 10.3. The topological polar surface area (TPSA) is 80.6 Å². The molecule has 0 aliphatic rings. The Morgan fingerprint density at radius 2 is 1.58 bits per heavy atom. The van der Waals surface area contributed by atoms with Crippen LogP contribution in [0.4, 0.5) is 14.5 Å². The second-order valence-electron chi connectivity index (χ2n) is 13.8. The summed E-state index contributed by atoms with van der Waals surface area (Å²) in [7, 11) is 1.96. The van der Waals surface area contributed by atoms with Crippen LogP contribution in [0.3, 0.4) is 0 Å². The average Bonchev–Trinajstić information content (AvgIpc) is 3.43. The Balaban J connectivity index is 1.62. The highest BCUT2D eigenvalue weighted by atomic mass is 32.1. The molecule has 2 heterocycles. The van der Waals surface area contributed by atoms with E-state index >= 15 is 0 Å². The highest BCUT2D eigenvalue weighted by molar-refractivity contribution is 7.22. The molecule has 10 heteroatoms. The van der Waals surface area contributed by atoms with E-state index in [1.165, 1.54) is 35.7 Å². The van der Waals surface area contributed by atoms with Crippen molar-refractivity contribution < 1.29 is 23.1 Å². The molecule has 7 nitrogen and oxygen atoms in total. The molecule has 262 valence electrons. The van der Waals surface area contributed by atoms with Crippen molar-refractivity contribution in [3.05, 3.63) is 123 Å². The third kappa shape index (κ3) is 8.79. The Labute approximate surface area is 295 Å². The molecule has 50 heavy (non-hydrogen) atoms. The van der Waals surface area contributed by atoms with E-state index in [-0.39, 0.29) is 41.4 Å². The lowest BCUT2D eigenvalue weighted by atomic mass is 9.99.